The summed E-state index contributed by atoms with van der Waals surface area (Å²) in [7, 11) is 0. The van der Waals surface area contributed by atoms with E-state index in [1.807, 2.05) is 6.92 Å². The number of aromatic nitrogens is 2. The number of pyridine rings is 1. The van der Waals surface area contributed by atoms with Crippen LogP contribution in [0.1, 0.15) is 54.4 Å². The summed E-state index contributed by atoms with van der Waals surface area (Å²) in [6.07, 6.45) is 0.727. The van der Waals surface area contributed by atoms with Crippen LogP contribution in [0.3, 0.4) is 0 Å². The number of aryl methyl sites for hydroxylation is 1. The van der Waals surface area contributed by atoms with Gasteiger partial charge in [0.2, 0.25) is 0 Å². The van der Waals surface area contributed by atoms with Gasteiger partial charge >= 0.3 is 6.18 Å². The zero-order chi connectivity index (χ0) is 18.2. The van der Waals surface area contributed by atoms with Crippen molar-refractivity contribution in [2.45, 2.75) is 45.2 Å². The number of imidazole rings is 1. The highest BCUT2D eigenvalue weighted by atomic mass is 35.5. The fourth-order valence-corrected chi connectivity index (χ4v) is 3.45. The van der Waals surface area contributed by atoms with Gasteiger partial charge in [-0.15, -0.1) is 0 Å². The summed E-state index contributed by atoms with van der Waals surface area (Å²) in [6.45, 7) is 3.05. The van der Waals surface area contributed by atoms with Crippen molar-refractivity contribution in [2.24, 2.45) is 0 Å². The smallest absolute Gasteiger partial charge is 0.337 e. The Labute approximate surface area is 148 Å². The van der Waals surface area contributed by atoms with E-state index in [4.69, 9.17) is 11.6 Å². The molecule has 0 atom stereocenters. The van der Waals surface area contributed by atoms with Gasteiger partial charge in [0.25, 0.3) is 5.91 Å². The molecule has 3 heterocycles. The molecule has 2 aromatic heterocycles. The standard InChI is InChI=1S/C17H19ClF3N3O/c1-2-13-14(16(25)23-7-5-3-4-6-8-23)24-10-11(17(19,20)21)9-12(18)15(24)22-13/h9-10H,2-8H2,1H3. The number of amides is 1. The lowest BCUT2D eigenvalue weighted by Crippen LogP contribution is -2.33. The summed E-state index contributed by atoms with van der Waals surface area (Å²) >= 11 is 6.02. The molecule has 8 heteroatoms. The molecule has 0 aromatic carbocycles. The number of likely N-dealkylation sites (tertiary alicyclic amines) is 1. The van der Waals surface area contributed by atoms with E-state index >= 15 is 0 Å². The lowest BCUT2D eigenvalue weighted by atomic mass is 10.2. The monoisotopic (exact) mass is 373 g/mol. The second-order valence-electron chi connectivity index (χ2n) is 6.24. The minimum Gasteiger partial charge on any atom is -0.337 e. The molecular weight excluding hydrogens is 355 g/mol. The number of nitrogens with zero attached hydrogens (tertiary/aromatic N) is 3. The first kappa shape index (κ1) is 18.0. The van der Waals surface area contributed by atoms with E-state index in [1.165, 1.54) is 4.40 Å². The molecule has 25 heavy (non-hydrogen) atoms. The fourth-order valence-electron chi connectivity index (χ4n) is 3.20. The molecule has 0 unspecified atom stereocenters. The van der Waals surface area contributed by atoms with Crippen LogP contribution in [-0.4, -0.2) is 33.3 Å². The number of carbonyl (C=O) groups excluding carboxylic acids is 1. The first-order chi connectivity index (χ1) is 11.8. The number of hydrogen-bond donors (Lipinski definition) is 0. The van der Waals surface area contributed by atoms with Crippen molar-refractivity contribution in [3.05, 3.63) is 34.2 Å². The molecule has 0 radical (unpaired) electrons. The minimum atomic E-state index is -4.54. The van der Waals surface area contributed by atoms with Crippen LogP contribution in [0.2, 0.25) is 5.02 Å². The van der Waals surface area contributed by atoms with Gasteiger partial charge in [-0.25, -0.2) is 4.98 Å². The summed E-state index contributed by atoms with van der Waals surface area (Å²) in [4.78, 5) is 19.0. The summed E-state index contributed by atoms with van der Waals surface area (Å²) in [5.74, 6) is -0.276. The molecule has 3 rings (SSSR count). The molecule has 0 saturated carbocycles. The maximum absolute atomic E-state index is 13.1. The van der Waals surface area contributed by atoms with Gasteiger partial charge in [0, 0.05) is 19.3 Å². The summed E-state index contributed by atoms with van der Waals surface area (Å²) < 4.78 is 40.6. The van der Waals surface area contributed by atoms with Gasteiger partial charge in [-0.3, -0.25) is 9.20 Å². The van der Waals surface area contributed by atoms with Gasteiger partial charge in [-0.05, 0) is 25.3 Å². The molecule has 1 aliphatic heterocycles. The Balaban J connectivity index is 2.14. The average molecular weight is 374 g/mol. The maximum atomic E-state index is 13.1. The lowest BCUT2D eigenvalue weighted by Gasteiger charge is -2.20. The van der Waals surface area contributed by atoms with Crippen LogP contribution in [0.5, 0.6) is 0 Å². The van der Waals surface area contributed by atoms with E-state index in [2.05, 4.69) is 4.98 Å². The second-order valence-corrected chi connectivity index (χ2v) is 6.64. The van der Waals surface area contributed by atoms with E-state index in [0.29, 0.717) is 25.2 Å². The lowest BCUT2D eigenvalue weighted by molar-refractivity contribution is -0.137. The Morgan fingerprint density at radius 2 is 1.88 bits per heavy atom. The van der Waals surface area contributed by atoms with Gasteiger partial charge in [0.15, 0.2) is 5.65 Å². The van der Waals surface area contributed by atoms with E-state index < -0.39 is 11.7 Å². The van der Waals surface area contributed by atoms with E-state index in [9.17, 15) is 18.0 Å². The number of fused-ring (bicyclic) bond motifs is 1. The molecule has 0 spiro atoms. The fraction of sp³-hybridized carbons (Fsp3) is 0.529. The zero-order valence-electron chi connectivity index (χ0n) is 13.9. The van der Waals surface area contributed by atoms with Crippen molar-refractivity contribution < 1.29 is 18.0 Å². The third kappa shape index (κ3) is 3.47. The zero-order valence-corrected chi connectivity index (χ0v) is 14.6. The quantitative estimate of drug-likeness (QED) is 0.772. The third-order valence-corrected chi connectivity index (χ3v) is 4.78. The molecule has 1 aliphatic rings. The summed E-state index contributed by atoms with van der Waals surface area (Å²) in [5, 5.41) is -0.112. The van der Waals surface area contributed by atoms with E-state index in [0.717, 1.165) is 37.9 Å². The van der Waals surface area contributed by atoms with Crippen LogP contribution in [0.25, 0.3) is 5.65 Å². The Bertz CT molecular complexity index is 793. The molecule has 136 valence electrons. The first-order valence-corrected chi connectivity index (χ1v) is 8.77. The molecule has 4 nitrogen and oxygen atoms in total. The molecule has 1 saturated heterocycles. The van der Waals surface area contributed by atoms with Crippen molar-refractivity contribution in [2.75, 3.05) is 13.1 Å². The normalized spacial score (nSPS) is 16.3. The van der Waals surface area contributed by atoms with Crippen molar-refractivity contribution in [3.8, 4) is 0 Å². The SMILES string of the molecule is CCc1nc2c(Cl)cc(C(F)(F)F)cn2c1C(=O)N1CCCCCC1. The average Bonchev–Trinajstić information content (AvgIpc) is 2.73. The number of rotatable bonds is 2. The Morgan fingerprint density at radius 3 is 2.44 bits per heavy atom. The summed E-state index contributed by atoms with van der Waals surface area (Å²) in [6, 6.07) is 0.851. The van der Waals surface area contributed by atoms with Crippen LogP contribution in [-0.2, 0) is 12.6 Å². The predicted molar refractivity (Wildman–Crippen MR) is 89.0 cm³/mol. The maximum Gasteiger partial charge on any atom is 0.417 e. The third-order valence-electron chi connectivity index (χ3n) is 4.51. The van der Waals surface area contributed by atoms with Crippen LogP contribution in [0.15, 0.2) is 12.3 Å². The molecule has 2 aromatic rings. The van der Waals surface area contributed by atoms with Crippen LogP contribution < -0.4 is 0 Å². The van der Waals surface area contributed by atoms with Crippen molar-refractivity contribution >= 4 is 23.2 Å². The Morgan fingerprint density at radius 1 is 1.24 bits per heavy atom. The van der Waals surface area contributed by atoms with Crippen LogP contribution in [0.4, 0.5) is 13.2 Å². The van der Waals surface area contributed by atoms with Crippen molar-refractivity contribution in [1.82, 2.24) is 14.3 Å². The molecule has 1 amide bonds. The predicted octanol–water partition coefficient (Wildman–Crippen LogP) is 4.59. The summed E-state index contributed by atoms with van der Waals surface area (Å²) in [5.41, 5.74) is -0.0532. The van der Waals surface area contributed by atoms with Crippen molar-refractivity contribution in [1.29, 1.82) is 0 Å². The van der Waals surface area contributed by atoms with Gasteiger partial charge < -0.3 is 4.90 Å². The number of hydrogen-bond acceptors (Lipinski definition) is 2. The highest BCUT2D eigenvalue weighted by Gasteiger charge is 2.33. The van der Waals surface area contributed by atoms with E-state index in [-0.39, 0.29) is 22.3 Å². The van der Waals surface area contributed by atoms with Crippen LogP contribution in [0, 0.1) is 0 Å². The number of halogens is 4. The molecule has 0 aliphatic carbocycles. The van der Waals surface area contributed by atoms with Gasteiger partial charge in [-0.1, -0.05) is 31.4 Å². The highest BCUT2D eigenvalue weighted by Crippen LogP contribution is 2.33. The topological polar surface area (TPSA) is 37.6 Å². The van der Waals surface area contributed by atoms with Gasteiger partial charge in [-0.2, -0.15) is 13.2 Å². The minimum absolute atomic E-state index is 0.112. The number of alkyl halides is 3. The largest absolute Gasteiger partial charge is 0.417 e. The molecule has 1 fully saturated rings. The van der Waals surface area contributed by atoms with E-state index in [1.54, 1.807) is 4.90 Å². The van der Waals surface area contributed by atoms with Crippen molar-refractivity contribution in [3.63, 3.8) is 0 Å². The first-order valence-electron chi connectivity index (χ1n) is 8.40. The van der Waals surface area contributed by atoms with Crippen LogP contribution >= 0.6 is 11.6 Å². The molecule has 0 N–H and O–H groups in total. The van der Waals surface area contributed by atoms with Gasteiger partial charge in [0.1, 0.15) is 5.69 Å². The second kappa shape index (κ2) is 6.86. The number of carbonyl (C=O) groups is 1. The Hall–Kier alpha value is -1.76. The Kier molecular flexibility index (Phi) is 4.95. The molecule has 0 bridgehead atoms. The highest BCUT2D eigenvalue weighted by molar-refractivity contribution is 6.33. The van der Waals surface area contributed by atoms with Gasteiger partial charge in [0.05, 0.1) is 16.3 Å². The molecular formula is C17H19ClF3N3O.